The van der Waals surface area contributed by atoms with Crippen molar-refractivity contribution in [3.05, 3.63) is 0 Å². The van der Waals surface area contributed by atoms with E-state index in [9.17, 15) is 9.00 Å². The van der Waals surface area contributed by atoms with Crippen LogP contribution in [-0.2, 0) is 20.3 Å². The largest absolute Gasteiger partial charge is 0.380 e. The third-order valence-corrected chi connectivity index (χ3v) is 3.29. The minimum absolute atomic E-state index is 0.111. The van der Waals surface area contributed by atoms with Crippen molar-refractivity contribution in [2.75, 3.05) is 31.7 Å². The summed E-state index contributed by atoms with van der Waals surface area (Å²) in [5, 5.41) is 2.68. The first-order valence-corrected chi connectivity index (χ1v) is 6.47. The van der Waals surface area contributed by atoms with Crippen molar-refractivity contribution >= 4 is 16.7 Å². The van der Waals surface area contributed by atoms with E-state index in [2.05, 4.69) is 5.32 Å². The van der Waals surface area contributed by atoms with Crippen LogP contribution in [0.15, 0.2) is 0 Å². The van der Waals surface area contributed by atoms with Gasteiger partial charge in [0.05, 0.1) is 12.5 Å². The van der Waals surface area contributed by atoms with Gasteiger partial charge in [-0.2, -0.15) is 0 Å². The lowest BCUT2D eigenvalue weighted by atomic mass is 10.2. The van der Waals surface area contributed by atoms with Crippen LogP contribution in [0.2, 0.25) is 0 Å². The molecule has 0 saturated heterocycles. The molecule has 0 aromatic heterocycles. The Kier molecular flexibility index (Phi) is 8.55. The van der Waals surface area contributed by atoms with Crippen LogP contribution in [0.4, 0.5) is 0 Å². The van der Waals surface area contributed by atoms with E-state index in [4.69, 9.17) is 10.5 Å². The van der Waals surface area contributed by atoms with Gasteiger partial charge < -0.3 is 15.8 Å². The van der Waals surface area contributed by atoms with Crippen LogP contribution >= 0.6 is 0 Å². The van der Waals surface area contributed by atoms with Crippen molar-refractivity contribution in [1.29, 1.82) is 0 Å². The maximum Gasteiger partial charge on any atom is 0.222 e. The highest BCUT2D eigenvalue weighted by molar-refractivity contribution is 7.84. The molecule has 0 aromatic carbocycles. The van der Waals surface area contributed by atoms with Crippen LogP contribution in [0.1, 0.15) is 13.3 Å². The molecule has 5 nitrogen and oxygen atoms in total. The second-order valence-corrected chi connectivity index (χ2v) is 4.95. The number of amides is 1. The quantitative estimate of drug-likeness (QED) is 0.580. The van der Waals surface area contributed by atoms with E-state index in [-0.39, 0.29) is 18.4 Å². The van der Waals surface area contributed by atoms with Gasteiger partial charge in [0.15, 0.2) is 0 Å². The zero-order valence-corrected chi connectivity index (χ0v) is 10.1. The van der Waals surface area contributed by atoms with Gasteiger partial charge in [-0.15, -0.1) is 0 Å². The number of methoxy groups -OCH3 is 1. The molecule has 0 spiro atoms. The Balaban J connectivity index is 3.61. The van der Waals surface area contributed by atoms with Gasteiger partial charge >= 0.3 is 0 Å². The summed E-state index contributed by atoms with van der Waals surface area (Å²) in [5.41, 5.74) is 5.38. The molecular weight excluding hydrogens is 216 g/mol. The molecule has 0 heterocycles. The highest BCUT2D eigenvalue weighted by atomic mass is 32.2. The molecule has 0 rings (SSSR count). The maximum atomic E-state index is 11.3. The van der Waals surface area contributed by atoms with Crippen molar-refractivity contribution in [3.63, 3.8) is 0 Å². The average Bonchev–Trinajstić information content (AvgIpc) is 2.25. The second kappa shape index (κ2) is 8.82. The standard InChI is InChI=1S/C9H20N2O3S/c1-3-15(13)5-4-11-9(12)6-8(7-10)14-2/h8H,3-7,10H2,1-2H3,(H,11,12). The van der Waals surface area contributed by atoms with Crippen LogP contribution in [0.25, 0.3) is 0 Å². The summed E-state index contributed by atoms with van der Waals surface area (Å²) in [6.45, 7) is 2.62. The summed E-state index contributed by atoms with van der Waals surface area (Å²) in [6, 6.07) is 0. The summed E-state index contributed by atoms with van der Waals surface area (Å²) in [4.78, 5) is 11.3. The minimum Gasteiger partial charge on any atom is -0.380 e. The zero-order chi connectivity index (χ0) is 11.7. The first kappa shape index (κ1) is 14.5. The molecule has 0 fully saturated rings. The molecule has 0 radical (unpaired) electrons. The van der Waals surface area contributed by atoms with Gasteiger partial charge in [0.1, 0.15) is 0 Å². The second-order valence-electron chi connectivity index (χ2n) is 3.08. The first-order valence-electron chi connectivity index (χ1n) is 4.98. The molecule has 0 bridgehead atoms. The van der Waals surface area contributed by atoms with Gasteiger partial charge in [0.2, 0.25) is 5.91 Å². The summed E-state index contributed by atoms with van der Waals surface area (Å²) < 4.78 is 16.0. The number of nitrogens with one attached hydrogen (secondary N) is 1. The number of hydrogen-bond donors (Lipinski definition) is 2. The fraction of sp³-hybridized carbons (Fsp3) is 0.889. The molecule has 1 amide bonds. The molecule has 0 aliphatic carbocycles. The average molecular weight is 236 g/mol. The number of ether oxygens (including phenoxy) is 1. The van der Waals surface area contributed by atoms with Crippen molar-refractivity contribution < 1.29 is 13.7 Å². The normalized spacial score (nSPS) is 14.6. The Morgan fingerprint density at radius 2 is 2.27 bits per heavy atom. The van der Waals surface area contributed by atoms with E-state index < -0.39 is 10.8 Å². The van der Waals surface area contributed by atoms with E-state index in [1.165, 1.54) is 7.11 Å². The molecule has 2 atom stereocenters. The molecule has 3 N–H and O–H groups in total. The molecule has 0 aliphatic rings. The smallest absolute Gasteiger partial charge is 0.222 e. The third-order valence-electron chi connectivity index (χ3n) is 1.98. The van der Waals surface area contributed by atoms with Gasteiger partial charge in [-0.3, -0.25) is 9.00 Å². The Morgan fingerprint density at radius 1 is 1.60 bits per heavy atom. The fourth-order valence-corrected chi connectivity index (χ4v) is 1.61. The van der Waals surface area contributed by atoms with Crippen LogP contribution < -0.4 is 11.1 Å². The van der Waals surface area contributed by atoms with Crippen molar-refractivity contribution in [2.24, 2.45) is 5.73 Å². The lowest BCUT2D eigenvalue weighted by Crippen LogP contribution is -2.34. The van der Waals surface area contributed by atoms with Crippen LogP contribution in [0, 0.1) is 0 Å². The van der Waals surface area contributed by atoms with Gasteiger partial charge in [0.25, 0.3) is 0 Å². The van der Waals surface area contributed by atoms with Crippen molar-refractivity contribution in [3.8, 4) is 0 Å². The fourth-order valence-electron chi connectivity index (χ4n) is 0.990. The highest BCUT2D eigenvalue weighted by Crippen LogP contribution is 1.94. The van der Waals surface area contributed by atoms with Crippen LogP contribution in [-0.4, -0.2) is 47.9 Å². The maximum absolute atomic E-state index is 11.3. The third kappa shape index (κ3) is 7.47. The summed E-state index contributed by atoms with van der Waals surface area (Å²) in [5.74, 6) is 1.02. The lowest BCUT2D eigenvalue weighted by molar-refractivity contribution is -0.123. The van der Waals surface area contributed by atoms with E-state index in [0.717, 1.165) is 0 Å². The molecular formula is C9H20N2O3S. The Hall–Kier alpha value is -0.460. The minimum atomic E-state index is -0.830. The first-order chi connectivity index (χ1) is 7.13. The predicted octanol–water partition coefficient (Wildman–Crippen LogP) is -0.765. The summed E-state index contributed by atoms with van der Waals surface area (Å²) in [7, 11) is 0.694. The number of rotatable bonds is 8. The van der Waals surface area contributed by atoms with Gasteiger partial charge in [0, 0.05) is 42.5 Å². The Labute approximate surface area is 93.2 Å². The Bertz CT molecular complexity index is 208. The van der Waals surface area contributed by atoms with Gasteiger partial charge in [-0.1, -0.05) is 6.92 Å². The van der Waals surface area contributed by atoms with Gasteiger partial charge in [-0.25, -0.2) is 0 Å². The van der Waals surface area contributed by atoms with Crippen LogP contribution in [0.3, 0.4) is 0 Å². The number of hydrogen-bond acceptors (Lipinski definition) is 4. The van der Waals surface area contributed by atoms with E-state index in [0.29, 0.717) is 24.6 Å². The van der Waals surface area contributed by atoms with E-state index in [1.54, 1.807) is 0 Å². The zero-order valence-electron chi connectivity index (χ0n) is 9.32. The van der Waals surface area contributed by atoms with E-state index >= 15 is 0 Å². The monoisotopic (exact) mass is 236 g/mol. The van der Waals surface area contributed by atoms with E-state index in [1.807, 2.05) is 6.92 Å². The van der Waals surface area contributed by atoms with Crippen molar-refractivity contribution in [1.82, 2.24) is 5.32 Å². The summed E-state index contributed by atoms with van der Waals surface area (Å²) in [6.07, 6.45) is 0.0212. The summed E-state index contributed by atoms with van der Waals surface area (Å²) >= 11 is 0. The lowest BCUT2D eigenvalue weighted by Gasteiger charge is -2.12. The topological polar surface area (TPSA) is 81.4 Å². The number of carbonyl (C=O) groups excluding carboxylic acids is 1. The Morgan fingerprint density at radius 3 is 2.73 bits per heavy atom. The molecule has 0 aliphatic heterocycles. The molecule has 6 heteroatoms. The molecule has 2 unspecified atom stereocenters. The molecule has 90 valence electrons. The van der Waals surface area contributed by atoms with Crippen LogP contribution in [0.5, 0.6) is 0 Å². The number of carbonyl (C=O) groups is 1. The van der Waals surface area contributed by atoms with Gasteiger partial charge in [-0.05, 0) is 0 Å². The number of nitrogens with two attached hydrogens (primary N) is 1. The molecule has 0 saturated carbocycles. The predicted molar refractivity (Wildman–Crippen MR) is 61.0 cm³/mol. The molecule has 0 aromatic rings. The SMILES string of the molecule is CCS(=O)CCNC(=O)CC(CN)OC. The highest BCUT2D eigenvalue weighted by Gasteiger charge is 2.10. The molecule has 15 heavy (non-hydrogen) atoms. The van der Waals surface area contributed by atoms with Crippen molar-refractivity contribution in [2.45, 2.75) is 19.4 Å².